The Labute approximate surface area is 167 Å². The van der Waals surface area contributed by atoms with E-state index in [0.29, 0.717) is 16.5 Å². The molecular formula is C20H22N2O5S. The molecule has 2 heterocycles. The number of fused-ring (bicyclic) bond motifs is 1. The van der Waals surface area contributed by atoms with E-state index in [0.717, 1.165) is 29.7 Å². The van der Waals surface area contributed by atoms with Crippen LogP contribution in [0.2, 0.25) is 0 Å². The number of carbonyl (C=O) groups excluding carboxylic acids is 3. The number of anilines is 1. The second-order valence-electron chi connectivity index (χ2n) is 6.62. The molecule has 148 valence electrons. The smallest absolute Gasteiger partial charge is 0.357 e. The first-order chi connectivity index (χ1) is 13.5. The lowest BCUT2D eigenvalue weighted by atomic mass is 9.88. The first kappa shape index (κ1) is 20.0. The van der Waals surface area contributed by atoms with Crippen molar-refractivity contribution in [3.63, 3.8) is 0 Å². The first-order valence-corrected chi connectivity index (χ1v) is 10.0. The molecule has 1 aliphatic rings. The molecule has 3 rings (SSSR count). The molecule has 0 aromatic carbocycles. The van der Waals surface area contributed by atoms with E-state index in [-0.39, 0.29) is 12.3 Å². The third-order valence-corrected chi connectivity index (χ3v) is 5.62. The minimum absolute atomic E-state index is 0.128. The van der Waals surface area contributed by atoms with E-state index in [1.807, 2.05) is 0 Å². The number of hydrogen-bond acceptors (Lipinski definition) is 7. The highest BCUT2D eigenvalue weighted by molar-refractivity contribution is 7.17. The Balaban J connectivity index is 1.71. The van der Waals surface area contributed by atoms with Gasteiger partial charge in [-0.1, -0.05) is 13.0 Å². The van der Waals surface area contributed by atoms with Crippen molar-refractivity contribution in [2.45, 2.75) is 33.1 Å². The first-order valence-electron chi connectivity index (χ1n) is 9.19. The van der Waals surface area contributed by atoms with Crippen LogP contribution in [0.15, 0.2) is 24.4 Å². The summed E-state index contributed by atoms with van der Waals surface area (Å²) >= 11 is 1.39. The molecule has 1 N–H and O–H groups in total. The molecule has 2 aromatic rings. The molecule has 1 atom stereocenters. The molecule has 28 heavy (non-hydrogen) atoms. The maximum Gasteiger partial charge on any atom is 0.357 e. The molecule has 7 nitrogen and oxygen atoms in total. The number of esters is 2. The molecule has 1 aliphatic carbocycles. The van der Waals surface area contributed by atoms with Crippen LogP contribution in [0.4, 0.5) is 5.00 Å². The Hall–Kier alpha value is -2.74. The summed E-state index contributed by atoms with van der Waals surface area (Å²) in [6.45, 7) is 3.71. The van der Waals surface area contributed by atoms with Crippen molar-refractivity contribution in [2.75, 3.05) is 18.5 Å². The fraction of sp³-hybridized carbons (Fsp3) is 0.400. The number of aromatic nitrogens is 1. The van der Waals surface area contributed by atoms with Gasteiger partial charge in [-0.05, 0) is 49.8 Å². The molecule has 0 aliphatic heterocycles. The van der Waals surface area contributed by atoms with E-state index in [4.69, 9.17) is 9.47 Å². The largest absolute Gasteiger partial charge is 0.462 e. The maximum absolute atomic E-state index is 12.5. The highest BCUT2D eigenvalue weighted by Gasteiger charge is 2.29. The third kappa shape index (κ3) is 4.56. The number of nitrogens with zero attached hydrogens (tertiary/aromatic N) is 1. The van der Waals surface area contributed by atoms with Gasteiger partial charge in [0.2, 0.25) is 0 Å². The van der Waals surface area contributed by atoms with Crippen LogP contribution >= 0.6 is 11.3 Å². The van der Waals surface area contributed by atoms with E-state index < -0.39 is 24.5 Å². The maximum atomic E-state index is 12.5. The predicted octanol–water partition coefficient (Wildman–Crippen LogP) is 3.24. The van der Waals surface area contributed by atoms with Crippen LogP contribution in [0.3, 0.4) is 0 Å². The van der Waals surface area contributed by atoms with Gasteiger partial charge in [-0.2, -0.15) is 0 Å². The van der Waals surface area contributed by atoms with Gasteiger partial charge < -0.3 is 14.8 Å². The van der Waals surface area contributed by atoms with Gasteiger partial charge in [-0.15, -0.1) is 11.3 Å². The molecule has 0 bridgehead atoms. The molecule has 0 fully saturated rings. The fourth-order valence-electron chi connectivity index (χ4n) is 3.11. The van der Waals surface area contributed by atoms with E-state index >= 15 is 0 Å². The molecule has 1 amide bonds. The molecule has 8 heteroatoms. The second kappa shape index (κ2) is 8.97. The van der Waals surface area contributed by atoms with Crippen molar-refractivity contribution in [1.82, 2.24) is 4.98 Å². The van der Waals surface area contributed by atoms with Crippen molar-refractivity contribution in [1.29, 1.82) is 0 Å². The average molecular weight is 402 g/mol. The molecule has 0 saturated carbocycles. The number of rotatable bonds is 6. The van der Waals surface area contributed by atoms with Gasteiger partial charge in [0, 0.05) is 11.1 Å². The van der Waals surface area contributed by atoms with Crippen molar-refractivity contribution in [2.24, 2.45) is 5.92 Å². The summed E-state index contributed by atoms with van der Waals surface area (Å²) in [5, 5.41) is 3.16. The summed E-state index contributed by atoms with van der Waals surface area (Å²) in [6, 6.07) is 4.85. The second-order valence-corrected chi connectivity index (χ2v) is 7.72. The Morgan fingerprint density at radius 3 is 2.79 bits per heavy atom. The van der Waals surface area contributed by atoms with E-state index in [1.165, 1.54) is 23.6 Å². The number of ether oxygens (including phenoxy) is 2. The molecule has 0 spiro atoms. The lowest BCUT2D eigenvalue weighted by Crippen LogP contribution is -2.22. The molecule has 0 radical (unpaired) electrons. The number of nitrogens with one attached hydrogen (secondary N) is 1. The van der Waals surface area contributed by atoms with Crippen LogP contribution in [0, 0.1) is 5.92 Å². The Morgan fingerprint density at radius 2 is 2.07 bits per heavy atom. The highest BCUT2D eigenvalue weighted by Crippen LogP contribution is 2.40. The summed E-state index contributed by atoms with van der Waals surface area (Å²) in [5.41, 5.74) is 1.52. The molecule has 0 unspecified atom stereocenters. The summed E-state index contributed by atoms with van der Waals surface area (Å²) in [5.74, 6) is -1.10. The average Bonchev–Trinajstić information content (AvgIpc) is 3.03. The number of carbonyl (C=O) groups is 3. The van der Waals surface area contributed by atoms with Gasteiger partial charge in [0.05, 0.1) is 12.2 Å². The predicted molar refractivity (Wildman–Crippen MR) is 105 cm³/mol. The molecule has 0 saturated heterocycles. The third-order valence-electron chi connectivity index (χ3n) is 4.45. The molecule has 2 aromatic heterocycles. The van der Waals surface area contributed by atoms with Crippen LogP contribution in [-0.4, -0.2) is 36.0 Å². The number of hydrogen-bond donors (Lipinski definition) is 1. The molecular weight excluding hydrogens is 380 g/mol. The zero-order valence-electron chi connectivity index (χ0n) is 15.8. The van der Waals surface area contributed by atoms with Gasteiger partial charge in [0.1, 0.15) is 10.7 Å². The SMILES string of the molecule is CCOC(=O)c1c(NC(=O)COC(=O)c2ccccn2)sc2c1CC[C@H](C)C2. The lowest BCUT2D eigenvalue weighted by Gasteiger charge is -2.18. The summed E-state index contributed by atoms with van der Waals surface area (Å²) in [4.78, 5) is 41.7. The standard InChI is InChI=1S/C20H22N2O5S/c1-3-26-20(25)17-13-8-7-12(2)10-15(13)28-18(17)22-16(23)11-27-19(24)14-6-4-5-9-21-14/h4-6,9,12H,3,7-8,10-11H2,1-2H3,(H,22,23)/t12-/m0/s1. The number of thiophene rings is 1. The monoisotopic (exact) mass is 402 g/mol. The van der Waals surface area contributed by atoms with Crippen LogP contribution in [0.25, 0.3) is 0 Å². The van der Waals surface area contributed by atoms with Crippen LogP contribution < -0.4 is 5.32 Å². The minimum Gasteiger partial charge on any atom is -0.462 e. The van der Waals surface area contributed by atoms with E-state index in [2.05, 4.69) is 17.2 Å². The summed E-state index contributed by atoms with van der Waals surface area (Å²) in [6.07, 6.45) is 4.12. The van der Waals surface area contributed by atoms with Gasteiger partial charge in [-0.25, -0.2) is 14.6 Å². The highest BCUT2D eigenvalue weighted by atomic mass is 32.1. The fourth-order valence-corrected chi connectivity index (χ4v) is 4.52. The Kier molecular flexibility index (Phi) is 6.41. The van der Waals surface area contributed by atoms with Crippen molar-refractivity contribution in [3.05, 3.63) is 46.1 Å². The van der Waals surface area contributed by atoms with Crippen LogP contribution in [-0.2, 0) is 27.1 Å². The number of amides is 1. The summed E-state index contributed by atoms with van der Waals surface area (Å²) < 4.78 is 10.2. The number of pyridine rings is 1. The van der Waals surface area contributed by atoms with Gasteiger partial charge in [0.25, 0.3) is 5.91 Å². The normalized spacial score (nSPS) is 15.4. The van der Waals surface area contributed by atoms with Crippen molar-refractivity contribution >= 4 is 34.2 Å². The van der Waals surface area contributed by atoms with Gasteiger partial charge in [0.15, 0.2) is 6.61 Å². The zero-order chi connectivity index (χ0) is 20.1. The van der Waals surface area contributed by atoms with Crippen molar-refractivity contribution in [3.8, 4) is 0 Å². The Bertz CT molecular complexity index is 878. The summed E-state index contributed by atoms with van der Waals surface area (Å²) in [7, 11) is 0. The zero-order valence-corrected chi connectivity index (χ0v) is 16.6. The van der Waals surface area contributed by atoms with Gasteiger partial charge in [-0.3, -0.25) is 4.79 Å². The van der Waals surface area contributed by atoms with Crippen molar-refractivity contribution < 1.29 is 23.9 Å². The van der Waals surface area contributed by atoms with E-state index in [1.54, 1.807) is 19.1 Å². The van der Waals surface area contributed by atoms with E-state index in [9.17, 15) is 14.4 Å². The van der Waals surface area contributed by atoms with Gasteiger partial charge >= 0.3 is 11.9 Å². The topological polar surface area (TPSA) is 94.6 Å². The lowest BCUT2D eigenvalue weighted by molar-refractivity contribution is -0.119. The van der Waals surface area contributed by atoms with Crippen LogP contribution in [0.5, 0.6) is 0 Å². The quantitative estimate of drug-likeness (QED) is 0.746. The minimum atomic E-state index is -0.680. The Morgan fingerprint density at radius 1 is 1.25 bits per heavy atom. The van der Waals surface area contributed by atoms with Crippen LogP contribution in [0.1, 0.15) is 51.6 Å².